The van der Waals surface area contributed by atoms with Crippen LogP contribution < -0.4 is 4.74 Å². The molecule has 0 aromatic carbocycles. The number of aromatic nitrogens is 1. The highest BCUT2D eigenvalue weighted by Gasteiger charge is 2.29. The zero-order valence-electron chi connectivity index (χ0n) is 14.8. The van der Waals surface area contributed by atoms with Gasteiger partial charge in [0, 0.05) is 30.5 Å². The first kappa shape index (κ1) is 17.7. The predicted octanol–water partition coefficient (Wildman–Crippen LogP) is 2.14. The number of amides is 1. The van der Waals surface area contributed by atoms with Crippen LogP contribution in [-0.2, 0) is 27.2 Å². The number of piperidine rings is 1. The molecular weight excluding hydrogens is 320 g/mol. The van der Waals surface area contributed by atoms with Crippen molar-refractivity contribution < 1.29 is 19.1 Å². The van der Waals surface area contributed by atoms with Crippen molar-refractivity contribution in [3.05, 3.63) is 23.5 Å². The minimum absolute atomic E-state index is 0.00595. The second kappa shape index (κ2) is 8.32. The van der Waals surface area contributed by atoms with E-state index in [2.05, 4.69) is 4.98 Å². The van der Waals surface area contributed by atoms with Gasteiger partial charge in [0.15, 0.2) is 6.61 Å². The van der Waals surface area contributed by atoms with Crippen molar-refractivity contribution >= 4 is 11.9 Å². The van der Waals surface area contributed by atoms with Crippen molar-refractivity contribution in [2.75, 3.05) is 26.3 Å². The summed E-state index contributed by atoms with van der Waals surface area (Å²) in [4.78, 5) is 30.5. The van der Waals surface area contributed by atoms with Crippen molar-refractivity contribution in [3.8, 4) is 5.75 Å². The van der Waals surface area contributed by atoms with Gasteiger partial charge in [0.05, 0.1) is 12.5 Å². The summed E-state index contributed by atoms with van der Waals surface area (Å²) in [5.41, 5.74) is 2.24. The van der Waals surface area contributed by atoms with Gasteiger partial charge in [0.2, 0.25) is 0 Å². The largest absolute Gasteiger partial charge is 0.483 e. The maximum absolute atomic E-state index is 12.5. The average molecular weight is 346 g/mol. The van der Waals surface area contributed by atoms with Crippen LogP contribution in [0.1, 0.15) is 43.9 Å². The topological polar surface area (TPSA) is 68.7 Å². The highest BCUT2D eigenvalue weighted by Crippen LogP contribution is 2.28. The molecule has 1 amide bonds. The van der Waals surface area contributed by atoms with Crippen LogP contribution in [0, 0.1) is 5.92 Å². The van der Waals surface area contributed by atoms with Crippen LogP contribution in [0.2, 0.25) is 0 Å². The Morgan fingerprint density at radius 3 is 2.96 bits per heavy atom. The van der Waals surface area contributed by atoms with E-state index in [1.165, 1.54) is 0 Å². The molecule has 1 saturated heterocycles. The van der Waals surface area contributed by atoms with Gasteiger partial charge in [0.1, 0.15) is 5.75 Å². The number of nitrogens with zero attached hydrogens (tertiary/aromatic N) is 2. The van der Waals surface area contributed by atoms with E-state index in [-0.39, 0.29) is 24.4 Å². The first-order chi connectivity index (χ1) is 12.2. The summed E-state index contributed by atoms with van der Waals surface area (Å²) in [6, 6.07) is 1.84. The van der Waals surface area contributed by atoms with E-state index in [9.17, 15) is 9.59 Å². The van der Waals surface area contributed by atoms with Crippen LogP contribution in [-0.4, -0.2) is 48.1 Å². The second-order valence-electron chi connectivity index (χ2n) is 6.66. The molecule has 1 aromatic rings. The van der Waals surface area contributed by atoms with Gasteiger partial charge in [-0.3, -0.25) is 14.6 Å². The van der Waals surface area contributed by atoms with Gasteiger partial charge in [-0.25, -0.2) is 0 Å². The maximum atomic E-state index is 12.5. The smallest absolute Gasteiger partial charge is 0.310 e. The van der Waals surface area contributed by atoms with Gasteiger partial charge in [0.25, 0.3) is 5.91 Å². The summed E-state index contributed by atoms with van der Waals surface area (Å²) in [6.45, 7) is 3.28. The molecule has 1 aliphatic carbocycles. The van der Waals surface area contributed by atoms with E-state index in [0.717, 1.165) is 55.5 Å². The van der Waals surface area contributed by atoms with Crippen molar-refractivity contribution in [1.29, 1.82) is 0 Å². The fraction of sp³-hybridized carbons (Fsp3) is 0.632. The molecule has 6 heteroatoms. The van der Waals surface area contributed by atoms with E-state index in [0.29, 0.717) is 19.7 Å². The lowest BCUT2D eigenvalue weighted by Crippen LogP contribution is -2.44. The van der Waals surface area contributed by atoms with Gasteiger partial charge in [-0.15, -0.1) is 0 Å². The normalized spacial score (nSPS) is 19.9. The SMILES string of the molecule is CCOC(=O)C1CCCN(C(=O)COc2ccnc3c2CCCC3)C1. The number of carbonyl (C=O) groups excluding carboxylic acids is 2. The van der Waals surface area contributed by atoms with Crippen LogP contribution in [0.25, 0.3) is 0 Å². The molecule has 0 N–H and O–H groups in total. The number of ether oxygens (including phenoxy) is 2. The summed E-state index contributed by atoms with van der Waals surface area (Å²) in [5.74, 6) is 0.280. The number of aryl methyl sites for hydroxylation is 1. The zero-order chi connectivity index (χ0) is 17.6. The Balaban J connectivity index is 1.57. The first-order valence-electron chi connectivity index (χ1n) is 9.23. The monoisotopic (exact) mass is 346 g/mol. The molecule has 0 spiro atoms. The highest BCUT2D eigenvalue weighted by atomic mass is 16.5. The third-order valence-corrected chi connectivity index (χ3v) is 4.94. The number of esters is 1. The number of pyridine rings is 1. The minimum Gasteiger partial charge on any atom is -0.483 e. The summed E-state index contributed by atoms with van der Waals surface area (Å²) in [7, 11) is 0. The molecule has 1 fully saturated rings. The van der Waals surface area contributed by atoms with E-state index in [1.807, 2.05) is 6.07 Å². The van der Waals surface area contributed by atoms with Crippen molar-refractivity contribution in [1.82, 2.24) is 9.88 Å². The highest BCUT2D eigenvalue weighted by molar-refractivity contribution is 5.79. The maximum Gasteiger partial charge on any atom is 0.310 e. The Morgan fingerprint density at radius 1 is 1.28 bits per heavy atom. The molecule has 136 valence electrons. The first-order valence-corrected chi connectivity index (χ1v) is 9.23. The minimum atomic E-state index is -0.216. The number of rotatable bonds is 5. The van der Waals surface area contributed by atoms with E-state index in [4.69, 9.17) is 9.47 Å². The van der Waals surface area contributed by atoms with Gasteiger partial charge in [-0.05, 0) is 51.5 Å². The van der Waals surface area contributed by atoms with E-state index >= 15 is 0 Å². The fourth-order valence-corrected chi connectivity index (χ4v) is 3.61. The lowest BCUT2D eigenvalue weighted by molar-refractivity contribution is -0.151. The Hall–Kier alpha value is -2.11. The average Bonchev–Trinajstić information content (AvgIpc) is 2.66. The van der Waals surface area contributed by atoms with Gasteiger partial charge in [-0.2, -0.15) is 0 Å². The summed E-state index contributed by atoms with van der Waals surface area (Å²) < 4.78 is 10.9. The molecular formula is C19H26N2O4. The van der Waals surface area contributed by atoms with Crippen LogP contribution >= 0.6 is 0 Å². The standard InChI is InChI=1S/C19H26N2O4/c1-2-24-19(23)14-6-5-11-21(12-14)18(22)13-25-17-9-10-20-16-8-4-3-7-15(16)17/h9-10,14H,2-8,11-13H2,1H3. The summed E-state index contributed by atoms with van der Waals surface area (Å²) in [5, 5.41) is 0. The molecule has 0 bridgehead atoms. The Labute approximate surface area is 148 Å². The molecule has 1 unspecified atom stereocenters. The van der Waals surface area contributed by atoms with Crippen molar-refractivity contribution in [3.63, 3.8) is 0 Å². The molecule has 3 rings (SSSR count). The molecule has 25 heavy (non-hydrogen) atoms. The third kappa shape index (κ3) is 4.30. The molecule has 2 aliphatic rings. The summed E-state index contributed by atoms with van der Waals surface area (Å²) in [6.07, 6.45) is 7.58. The Kier molecular flexibility index (Phi) is 5.89. The van der Waals surface area contributed by atoms with Crippen LogP contribution in [0.5, 0.6) is 5.75 Å². The number of fused-ring (bicyclic) bond motifs is 1. The van der Waals surface area contributed by atoms with Crippen LogP contribution in [0.3, 0.4) is 0 Å². The zero-order valence-corrected chi connectivity index (χ0v) is 14.8. The van der Waals surface area contributed by atoms with Crippen molar-refractivity contribution in [2.45, 2.75) is 45.4 Å². The Morgan fingerprint density at radius 2 is 2.12 bits per heavy atom. The number of hydrogen-bond donors (Lipinski definition) is 0. The molecule has 1 aromatic heterocycles. The van der Waals surface area contributed by atoms with Gasteiger partial charge in [-0.1, -0.05) is 0 Å². The quantitative estimate of drug-likeness (QED) is 0.764. The fourth-order valence-electron chi connectivity index (χ4n) is 3.61. The van der Waals surface area contributed by atoms with Crippen LogP contribution in [0.15, 0.2) is 12.3 Å². The van der Waals surface area contributed by atoms with Crippen molar-refractivity contribution in [2.24, 2.45) is 5.92 Å². The Bertz CT molecular complexity index is 632. The van der Waals surface area contributed by atoms with Gasteiger partial charge >= 0.3 is 5.97 Å². The number of hydrogen-bond acceptors (Lipinski definition) is 5. The predicted molar refractivity (Wildman–Crippen MR) is 92.3 cm³/mol. The molecule has 1 atom stereocenters. The second-order valence-corrected chi connectivity index (χ2v) is 6.66. The molecule has 6 nitrogen and oxygen atoms in total. The molecule has 0 saturated carbocycles. The summed E-state index contributed by atoms with van der Waals surface area (Å²) >= 11 is 0. The van der Waals surface area contributed by atoms with Crippen LogP contribution in [0.4, 0.5) is 0 Å². The molecule has 1 aliphatic heterocycles. The lowest BCUT2D eigenvalue weighted by atomic mass is 9.95. The lowest BCUT2D eigenvalue weighted by Gasteiger charge is -2.31. The van der Waals surface area contributed by atoms with Gasteiger partial charge < -0.3 is 14.4 Å². The van der Waals surface area contributed by atoms with E-state index in [1.54, 1.807) is 18.0 Å². The van der Waals surface area contributed by atoms with E-state index < -0.39 is 0 Å². The number of carbonyl (C=O) groups is 2. The molecule has 2 heterocycles. The molecule has 0 radical (unpaired) electrons. The number of likely N-dealkylation sites (tertiary alicyclic amines) is 1. The third-order valence-electron chi connectivity index (χ3n) is 4.94.